The lowest BCUT2D eigenvalue weighted by Crippen LogP contribution is -2.83. The average molecular weight is 424 g/mol. The minimum Gasteiger partial charge on any atom is -0.0925 e. The Balaban J connectivity index is 3.31. The van der Waals surface area contributed by atoms with Gasteiger partial charge < -0.3 is 0 Å². The van der Waals surface area contributed by atoms with Crippen LogP contribution in [0.2, 0.25) is 65.0 Å². The predicted molar refractivity (Wildman–Crippen MR) is 115 cm³/mol. The summed E-state index contributed by atoms with van der Waals surface area (Å²) < 4.78 is 0. The Morgan fingerprint density at radius 1 is 0.714 bits per heavy atom. The second kappa shape index (κ2) is 6.69. The molecule has 2 atom stereocenters. The van der Waals surface area contributed by atoms with Gasteiger partial charge in [0, 0.05) is 34.7 Å². The third-order valence-corrected chi connectivity index (χ3v) is 81.5. The Hall–Kier alpha value is 1.35. The quantitative estimate of drug-likeness (QED) is 0.338. The van der Waals surface area contributed by atoms with E-state index < -0.39 is 29.4 Å². The first kappa shape index (κ1) is 20.4. The lowest BCUT2D eigenvalue weighted by atomic mass is 10.0. The molecule has 1 saturated carbocycles. The van der Waals surface area contributed by atoms with Crippen molar-refractivity contribution in [2.45, 2.75) is 84.2 Å². The fourth-order valence-electron chi connectivity index (χ4n) is 6.27. The summed E-state index contributed by atoms with van der Waals surface area (Å²) >= 11 is 3.82. The molecule has 0 bridgehead atoms. The van der Waals surface area contributed by atoms with Crippen molar-refractivity contribution < 1.29 is 0 Å². The van der Waals surface area contributed by atoms with Crippen LogP contribution in [-0.4, -0.2) is 34.7 Å². The second-order valence-corrected chi connectivity index (χ2v) is 52.5. The normalized spacial score (nSPS) is 25.4. The number of alkyl halides is 1. The molecule has 0 amide bonds. The highest BCUT2D eigenvalue weighted by Crippen LogP contribution is 2.47. The maximum atomic E-state index is 3.82. The molecule has 1 aliphatic rings. The van der Waals surface area contributed by atoms with Crippen LogP contribution in [0.5, 0.6) is 0 Å². The SMILES string of the molecule is C[Si](C)(C)[Si](C[C@H]1CCC[C@H]1CBr)([Si](C)(C)C)[Si](C)(C)C. The molecule has 1 fully saturated rings. The van der Waals surface area contributed by atoms with Gasteiger partial charge in [-0.25, -0.2) is 0 Å². The van der Waals surface area contributed by atoms with Gasteiger partial charge in [-0.1, -0.05) is 93.7 Å². The molecule has 0 spiro atoms. The Morgan fingerprint density at radius 2 is 1.10 bits per heavy atom. The van der Waals surface area contributed by atoms with E-state index in [9.17, 15) is 0 Å². The molecular weight excluding hydrogens is 384 g/mol. The van der Waals surface area contributed by atoms with E-state index in [1.165, 1.54) is 24.6 Å². The maximum Gasteiger partial charge on any atom is 0.0376 e. The molecule has 0 nitrogen and oxygen atoms in total. The van der Waals surface area contributed by atoms with Crippen molar-refractivity contribution in [3.05, 3.63) is 0 Å². The zero-order valence-electron chi connectivity index (χ0n) is 16.1. The number of hydrogen-bond acceptors (Lipinski definition) is 0. The zero-order chi connectivity index (χ0) is 16.7. The van der Waals surface area contributed by atoms with Crippen molar-refractivity contribution >= 4 is 45.3 Å². The van der Waals surface area contributed by atoms with Crippen LogP contribution in [0, 0.1) is 11.8 Å². The Morgan fingerprint density at radius 3 is 1.43 bits per heavy atom. The first-order valence-electron chi connectivity index (χ1n) is 8.84. The van der Waals surface area contributed by atoms with E-state index in [4.69, 9.17) is 0 Å². The van der Waals surface area contributed by atoms with Gasteiger partial charge in [-0.15, -0.1) is 0 Å². The fraction of sp³-hybridized carbons (Fsp3) is 1.00. The Labute approximate surface area is 146 Å². The summed E-state index contributed by atoms with van der Waals surface area (Å²) in [5, 5.41) is 1.26. The predicted octanol–water partition coefficient (Wildman–Crippen LogP) is 6.50. The number of hydrogen-bond donors (Lipinski definition) is 0. The van der Waals surface area contributed by atoms with Gasteiger partial charge in [0.05, 0.1) is 0 Å². The van der Waals surface area contributed by atoms with Crippen LogP contribution in [0.15, 0.2) is 0 Å². The lowest BCUT2D eigenvalue weighted by Gasteiger charge is -2.59. The molecule has 0 N–H and O–H groups in total. The third-order valence-electron chi connectivity index (χ3n) is 6.42. The van der Waals surface area contributed by atoms with Crippen molar-refractivity contribution in [1.82, 2.24) is 0 Å². The molecule has 5 heteroatoms. The summed E-state index contributed by atoms with van der Waals surface area (Å²) in [6.07, 6.45) is 4.52. The largest absolute Gasteiger partial charge is 0.0925 e. The van der Waals surface area contributed by atoms with Gasteiger partial charge in [0.2, 0.25) is 0 Å². The third kappa shape index (κ3) is 3.89. The highest BCUT2D eigenvalue weighted by Gasteiger charge is 2.61. The van der Waals surface area contributed by atoms with E-state index in [-0.39, 0.29) is 0 Å². The molecule has 0 aromatic rings. The molecular formula is C16H39BrSi4. The van der Waals surface area contributed by atoms with Gasteiger partial charge in [-0.3, -0.25) is 0 Å². The minimum absolute atomic E-state index is 0.987. The summed E-state index contributed by atoms with van der Waals surface area (Å²) in [5.74, 6) is 2.04. The molecule has 0 unspecified atom stereocenters. The lowest BCUT2D eigenvalue weighted by molar-refractivity contribution is 0.464. The van der Waals surface area contributed by atoms with E-state index in [1.807, 2.05) is 0 Å². The molecule has 1 rings (SSSR count). The van der Waals surface area contributed by atoms with E-state index in [0.717, 1.165) is 11.8 Å². The van der Waals surface area contributed by atoms with E-state index in [0.29, 0.717) is 0 Å². The van der Waals surface area contributed by atoms with Crippen LogP contribution in [0.4, 0.5) is 0 Å². The van der Waals surface area contributed by atoms with Crippen LogP contribution in [-0.2, 0) is 0 Å². The average Bonchev–Trinajstić information content (AvgIpc) is 2.67. The molecule has 126 valence electrons. The van der Waals surface area contributed by atoms with Crippen molar-refractivity contribution in [2.75, 3.05) is 5.33 Å². The number of rotatable bonds is 6. The van der Waals surface area contributed by atoms with Gasteiger partial charge >= 0.3 is 0 Å². The zero-order valence-corrected chi connectivity index (χ0v) is 21.7. The van der Waals surface area contributed by atoms with Crippen LogP contribution >= 0.6 is 15.9 Å². The monoisotopic (exact) mass is 422 g/mol. The fourth-order valence-corrected chi connectivity index (χ4v) is 106. The minimum atomic E-state index is -1.13. The molecule has 0 aromatic heterocycles. The summed E-state index contributed by atoms with van der Waals surface area (Å²) in [4.78, 5) is 0. The summed E-state index contributed by atoms with van der Waals surface area (Å²) in [5.41, 5.74) is 0. The molecule has 1 aliphatic carbocycles. The van der Waals surface area contributed by atoms with Crippen molar-refractivity contribution in [2.24, 2.45) is 11.8 Å². The van der Waals surface area contributed by atoms with E-state index >= 15 is 0 Å². The van der Waals surface area contributed by atoms with Gasteiger partial charge in [-0.05, 0) is 18.3 Å². The first-order valence-corrected chi connectivity index (χ1v) is 25.7. The number of halogens is 1. The van der Waals surface area contributed by atoms with E-state index in [2.05, 4.69) is 74.9 Å². The molecule has 0 aliphatic heterocycles. The van der Waals surface area contributed by atoms with Gasteiger partial charge in [0.1, 0.15) is 0 Å². The maximum absolute atomic E-state index is 3.82. The first-order chi connectivity index (χ1) is 9.28. The molecule has 21 heavy (non-hydrogen) atoms. The topological polar surface area (TPSA) is 0 Å². The van der Waals surface area contributed by atoms with Gasteiger partial charge in [0.25, 0.3) is 0 Å². The highest BCUT2D eigenvalue weighted by molar-refractivity contribution is 9.09. The van der Waals surface area contributed by atoms with Gasteiger partial charge in [0.15, 0.2) is 0 Å². The van der Waals surface area contributed by atoms with Crippen LogP contribution in [0.3, 0.4) is 0 Å². The van der Waals surface area contributed by atoms with Crippen molar-refractivity contribution in [3.63, 3.8) is 0 Å². The summed E-state index contributed by atoms with van der Waals surface area (Å²) in [6.45, 7) is 23.6. The standard InChI is InChI=1S/C16H39BrSi4/c1-18(2,3)21(19(4,5)6,20(7,8)9)14-16-12-10-11-15(16)13-17/h15-16H,10-14H2,1-9H3/t15-,16+/m0/s1. The summed E-state index contributed by atoms with van der Waals surface area (Å²) in [6, 6.07) is 1.70. The van der Waals surface area contributed by atoms with Crippen molar-refractivity contribution in [3.8, 4) is 0 Å². The Bertz CT molecular complexity index is 313. The summed E-state index contributed by atoms with van der Waals surface area (Å²) in [7, 11) is -3.21. The Kier molecular flexibility index (Phi) is 6.50. The van der Waals surface area contributed by atoms with Crippen LogP contribution in [0.25, 0.3) is 0 Å². The molecule has 0 saturated heterocycles. The van der Waals surface area contributed by atoms with Crippen LogP contribution < -0.4 is 0 Å². The molecule has 0 radical (unpaired) electrons. The molecule has 0 aromatic carbocycles. The highest BCUT2D eigenvalue weighted by atomic mass is 79.9. The van der Waals surface area contributed by atoms with E-state index in [1.54, 1.807) is 6.04 Å². The van der Waals surface area contributed by atoms with Crippen molar-refractivity contribution in [1.29, 1.82) is 0 Å². The second-order valence-electron chi connectivity index (χ2n) is 10.5. The van der Waals surface area contributed by atoms with Crippen LogP contribution in [0.1, 0.15) is 19.3 Å². The molecule has 0 heterocycles. The smallest absolute Gasteiger partial charge is 0.0376 e. The van der Waals surface area contributed by atoms with Gasteiger partial charge in [-0.2, -0.15) is 0 Å².